The third kappa shape index (κ3) is 3.13. The van der Waals surface area contributed by atoms with Crippen molar-refractivity contribution in [1.29, 1.82) is 0 Å². The Morgan fingerprint density at radius 1 is 1.30 bits per heavy atom. The van der Waals surface area contributed by atoms with E-state index in [0.29, 0.717) is 17.0 Å². The van der Waals surface area contributed by atoms with Gasteiger partial charge in [0.25, 0.3) is 0 Å². The highest BCUT2D eigenvalue weighted by atomic mass is 16.5. The minimum absolute atomic E-state index is 0.131. The Balaban J connectivity index is 2.64. The van der Waals surface area contributed by atoms with E-state index < -0.39 is 17.4 Å². The van der Waals surface area contributed by atoms with E-state index in [1.54, 1.807) is 0 Å². The summed E-state index contributed by atoms with van der Waals surface area (Å²) in [6, 6.07) is 2.46. The van der Waals surface area contributed by atoms with Gasteiger partial charge in [0, 0.05) is 18.5 Å². The quantitative estimate of drug-likeness (QED) is 0.889. The second kappa shape index (κ2) is 5.91. The van der Waals surface area contributed by atoms with Crippen molar-refractivity contribution in [3.63, 3.8) is 0 Å². The molecule has 1 saturated heterocycles. The summed E-state index contributed by atoms with van der Waals surface area (Å²) in [6.07, 6.45) is 0.181. The topological polar surface area (TPSA) is 95.9 Å². The Labute approximate surface area is 134 Å². The molecule has 1 fully saturated rings. The monoisotopic (exact) mass is 320 g/mol. The van der Waals surface area contributed by atoms with Gasteiger partial charge in [-0.3, -0.25) is 15.0 Å². The maximum atomic E-state index is 12.1. The van der Waals surface area contributed by atoms with Gasteiger partial charge >= 0.3 is 12.0 Å². The van der Waals surface area contributed by atoms with Crippen LogP contribution in [0, 0.1) is 0 Å². The standard InChI is InChI=1S/C16H20N2O5/c1-16(2,3)12-9(14(20)21)5-6-10(13(12)23-4)18-8-7-11(19)17-15(18)22/h5-6H,7-8H2,1-4H3,(H,20,21)(H,17,19,22). The van der Waals surface area contributed by atoms with Crippen molar-refractivity contribution in [2.75, 3.05) is 18.6 Å². The van der Waals surface area contributed by atoms with Crippen molar-refractivity contribution >= 4 is 23.6 Å². The van der Waals surface area contributed by atoms with Crippen molar-refractivity contribution in [3.8, 4) is 5.75 Å². The first kappa shape index (κ1) is 16.8. The van der Waals surface area contributed by atoms with Crippen LogP contribution < -0.4 is 15.0 Å². The lowest BCUT2D eigenvalue weighted by atomic mass is 9.82. The molecule has 1 aliphatic heterocycles. The molecule has 0 aromatic heterocycles. The van der Waals surface area contributed by atoms with E-state index in [1.165, 1.54) is 24.1 Å². The van der Waals surface area contributed by atoms with Gasteiger partial charge in [-0.15, -0.1) is 0 Å². The van der Waals surface area contributed by atoms with Crippen molar-refractivity contribution in [3.05, 3.63) is 23.3 Å². The number of nitrogens with one attached hydrogen (secondary N) is 1. The lowest BCUT2D eigenvalue weighted by Crippen LogP contribution is -2.49. The molecule has 1 heterocycles. The van der Waals surface area contributed by atoms with E-state index >= 15 is 0 Å². The normalized spacial score (nSPS) is 15.4. The molecule has 0 spiro atoms. The molecule has 3 amide bonds. The summed E-state index contributed by atoms with van der Waals surface area (Å²) >= 11 is 0. The van der Waals surface area contributed by atoms with Gasteiger partial charge in [0.2, 0.25) is 5.91 Å². The van der Waals surface area contributed by atoms with Gasteiger partial charge < -0.3 is 9.84 Å². The Hall–Kier alpha value is -2.57. The molecule has 0 aliphatic carbocycles. The lowest BCUT2D eigenvalue weighted by Gasteiger charge is -2.31. The van der Waals surface area contributed by atoms with Crippen LogP contribution >= 0.6 is 0 Å². The van der Waals surface area contributed by atoms with E-state index in [9.17, 15) is 19.5 Å². The number of hydrogen-bond acceptors (Lipinski definition) is 4. The molecule has 1 aromatic rings. The predicted octanol–water partition coefficient (Wildman–Crippen LogP) is 2.14. The third-order valence-electron chi connectivity index (χ3n) is 3.67. The molecule has 2 N–H and O–H groups in total. The zero-order valence-corrected chi connectivity index (χ0v) is 13.6. The predicted molar refractivity (Wildman–Crippen MR) is 84.2 cm³/mol. The van der Waals surface area contributed by atoms with E-state index in [-0.39, 0.29) is 24.4 Å². The minimum Gasteiger partial charge on any atom is -0.494 e. The number of urea groups is 1. The third-order valence-corrected chi connectivity index (χ3v) is 3.67. The first-order valence-corrected chi connectivity index (χ1v) is 7.23. The van der Waals surface area contributed by atoms with E-state index in [1.807, 2.05) is 20.8 Å². The number of rotatable bonds is 3. The zero-order valence-electron chi connectivity index (χ0n) is 13.6. The van der Waals surface area contributed by atoms with Crippen LogP contribution in [0.15, 0.2) is 12.1 Å². The highest BCUT2D eigenvalue weighted by molar-refractivity contribution is 6.06. The summed E-state index contributed by atoms with van der Waals surface area (Å²) in [6.45, 7) is 5.85. The molecule has 7 nitrogen and oxygen atoms in total. The van der Waals surface area contributed by atoms with Crippen molar-refractivity contribution in [2.45, 2.75) is 32.6 Å². The largest absolute Gasteiger partial charge is 0.494 e. The number of nitrogens with zero attached hydrogens (tertiary/aromatic N) is 1. The number of amides is 3. The van der Waals surface area contributed by atoms with Crippen LogP contribution in [0.5, 0.6) is 5.75 Å². The van der Waals surface area contributed by atoms with Crippen LogP contribution in [-0.2, 0) is 10.2 Å². The van der Waals surface area contributed by atoms with Crippen LogP contribution in [0.25, 0.3) is 0 Å². The zero-order chi connectivity index (χ0) is 17.4. The maximum absolute atomic E-state index is 12.1. The molecule has 1 aromatic carbocycles. The molecular weight excluding hydrogens is 300 g/mol. The van der Waals surface area contributed by atoms with Gasteiger partial charge in [-0.05, 0) is 17.5 Å². The fraction of sp³-hybridized carbons (Fsp3) is 0.438. The van der Waals surface area contributed by atoms with Gasteiger partial charge in [-0.25, -0.2) is 9.59 Å². The number of benzene rings is 1. The molecule has 0 saturated carbocycles. The minimum atomic E-state index is -1.06. The number of ether oxygens (including phenoxy) is 1. The highest BCUT2D eigenvalue weighted by Gasteiger charge is 2.32. The number of carbonyl (C=O) groups excluding carboxylic acids is 2. The molecule has 0 atom stereocenters. The number of carbonyl (C=O) groups is 3. The van der Waals surface area contributed by atoms with E-state index in [0.717, 1.165) is 0 Å². The van der Waals surface area contributed by atoms with Gasteiger partial charge in [0.1, 0.15) is 5.75 Å². The van der Waals surface area contributed by atoms with Crippen molar-refractivity contribution in [2.24, 2.45) is 0 Å². The van der Waals surface area contributed by atoms with Crippen LogP contribution in [0.4, 0.5) is 10.5 Å². The van der Waals surface area contributed by atoms with E-state index in [4.69, 9.17) is 4.74 Å². The molecule has 124 valence electrons. The van der Waals surface area contributed by atoms with Crippen LogP contribution in [-0.4, -0.2) is 36.7 Å². The summed E-state index contributed by atoms with van der Waals surface area (Å²) in [5.74, 6) is -1.05. The fourth-order valence-electron chi connectivity index (χ4n) is 2.71. The molecule has 0 bridgehead atoms. The van der Waals surface area contributed by atoms with Crippen LogP contribution in [0.3, 0.4) is 0 Å². The number of carboxylic acid groups (broad SMARTS) is 1. The second-order valence-corrected chi connectivity index (χ2v) is 6.35. The molecule has 0 radical (unpaired) electrons. The maximum Gasteiger partial charge on any atom is 0.336 e. The van der Waals surface area contributed by atoms with Gasteiger partial charge in [-0.1, -0.05) is 20.8 Å². The van der Waals surface area contributed by atoms with Gasteiger partial charge in [0.15, 0.2) is 0 Å². The molecule has 7 heteroatoms. The Morgan fingerprint density at radius 2 is 1.96 bits per heavy atom. The average molecular weight is 320 g/mol. The van der Waals surface area contributed by atoms with Crippen molar-refractivity contribution in [1.82, 2.24) is 5.32 Å². The van der Waals surface area contributed by atoms with Gasteiger partial charge in [-0.2, -0.15) is 0 Å². The Kier molecular flexibility index (Phi) is 4.31. The molecule has 2 rings (SSSR count). The van der Waals surface area contributed by atoms with E-state index in [2.05, 4.69) is 5.32 Å². The van der Waals surface area contributed by atoms with Crippen LogP contribution in [0.1, 0.15) is 43.1 Å². The summed E-state index contributed by atoms with van der Waals surface area (Å²) in [5, 5.41) is 11.7. The fourth-order valence-corrected chi connectivity index (χ4v) is 2.71. The number of hydrogen-bond donors (Lipinski definition) is 2. The molecule has 0 unspecified atom stereocenters. The summed E-state index contributed by atoms with van der Waals surface area (Å²) < 4.78 is 5.45. The number of aromatic carboxylic acids is 1. The lowest BCUT2D eigenvalue weighted by molar-refractivity contribution is -0.120. The number of carboxylic acids is 1. The van der Waals surface area contributed by atoms with Crippen LogP contribution in [0.2, 0.25) is 0 Å². The Bertz CT molecular complexity index is 676. The smallest absolute Gasteiger partial charge is 0.336 e. The number of anilines is 1. The molecule has 1 aliphatic rings. The highest BCUT2D eigenvalue weighted by Crippen LogP contribution is 2.41. The second-order valence-electron chi connectivity index (χ2n) is 6.35. The first-order valence-electron chi connectivity index (χ1n) is 7.23. The SMILES string of the molecule is COc1c(N2CCC(=O)NC2=O)ccc(C(=O)O)c1C(C)(C)C. The van der Waals surface area contributed by atoms with Crippen molar-refractivity contribution < 1.29 is 24.2 Å². The Morgan fingerprint density at radius 3 is 2.43 bits per heavy atom. The van der Waals surface area contributed by atoms with Gasteiger partial charge in [0.05, 0.1) is 18.4 Å². The summed E-state index contributed by atoms with van der Waals surface area (Å²) in [5.41, 5.74) is 0.589. The molecule has 23 heavy (non-hydrogen) atoms. The first-order chi connectivity index (χ1) is 10.7. The number of methoxy groups -OCH3 is 1. The number of imide groups is 1. The molecular formula is C16H20N2O5. The summed E-state index contributed by atoms with van der Waals surface area (Å²) in [7, 11) is 1.44. The average Bonchev–Trinajstić information content (AvgIpc) is 2.44. The summed E-state index contributed by atoms with van der Waals surface area (Å²) in [4.78, 5) is 36.3.